The first-order valence-corrected chi connectivity index (χ1v) is 11.9. The van der Waals surface area contributed by atoms with Crippen LogP contribution in [0.2, 0.25) is 5.02 Å². The van der Waals surface area contributed by atoms with Gasteiger partial charge in [-0.2, -0.15) is 5.10 Å². The van der Waals surface area contributed by atoms with Crippen LogP contribution in [0.3, 0.4) is 0 Å². The Bertz CT molecular complexity index is 1250. The molecule has 3 aromatic rings. The third-order valence-corrected chi connectivity index (χ3v) is 6.75. The summed E-state index contributed by atoms with van der Waals surface area (Å²) in [6, 6.07) is 12.4. The van der Waals surface area contributed by atoms with Gasteiger partial charge in [-0.15, -0.1) is 0 Å². The number of anilines is 2. The fraction of sp³-hybridized carbons (Fsp3) is 0.346. The van der Waals surface area contributed by atoms with Gasteiger partial charge in [-0.05, 0) is 75.6 Å². The normalized spacial score (nSPS) is 15.9. The van der Waals surface area contributed by atoms with Gasteiger partial charge in [0.1, 0.15) is 11.9 Å². The highest BCUT2D eigenvalue weighted by molar-refractivity contribution is 6.34. The molecule has 0 saturated carbocycles. The number of rotatable bonds is 6. The maximum Gasteiger partial charge on any atom is 0.248 e. The molecule has 2 aromatic carbocycles. The van der Waals surface area contributed by atoms with E-state index in [1.165, 1.54) is 12.1 Å². The fourth-order valence-corrected chi connectivity index (χ4v) is 4.71. The molecule has 9 heteroatoms. The number of amides is 2. The Morgan fingerprint density at radius 1 is 1.11 bits per heavy atom. The van der Waals surface area contributed by atoms with Crippen LogP contribution in [0.15, 0.2) is 48.5 Å². The Balaban J connectivity index is 1.50. The molecule has 1 saturated heterocycles. The monoisotopic (exact) mass is 498 g/mol. The molecule has 1 aromatic heterocycles. The first-order valence-electron chi connectivity index (χ1n) is 11.5. The second kappa shape index (κ2) is 10.2. The third-order valence-electron chi connectivity index (χ3n) is 6.43. The Morgan fingerprint density at radius 3 is 2.49 bits per heavy atom. The number of halogens is 2. The Kier molecular flexibility index (Phi) is 7.23. The number of hydrogen-bond donors (Lipinski definition) is 2. The van der Waals surface area contributed by atoms with Crippen molar-refractivity contribution in [3.63, 3.8) is 0 Å². The Hall–Kier alpha value is -3.23. The largest absolute Gasteiger partial charge is 0.381 e. The van der Waals surface area contributed by atoms with Crippen molar-refractivity contribution in [3.8, 4) is 0 Å². The summed E-state index contributed by atoms with van der Waals surface area (Å²) in [6.07, 6.45) is 0.878. The van der Waals surface area contributed by atoms with Gasteiger partial charge in [-0.25, -0.2) is 4.39 Å². The van der Waals surface area contributed by atoms with Gasteiger partial charge < -0.3 is 15.4 Å². The summed E-state index contributed by atoms with van der Waals surface area (Å²) in [5.41, 5.74) is 2.33. The molecule has 2 heterocycles. The molecular formula is C26H28ClFN4O3. The molecular weight excluding hydrogens is 471 g/mol. The van der Waals surface area contributed by atoms with Crippen molar-refractivity contribution in [2.24, 2.45) is 0 Å². The van der Waals surface area contributed by atoms with Crippen LogP contribution in [-0.4, -0.2) is 34.8 Å². The van der Waals surface area contributed by atoms with Crippen molar-refractivity contribution in [1.82, 2.24) is 9.78 Å². The van der Waals surface area contributed by atoms with E-state index in [4.69, 9.17) is 16.3 Å². The highest BCUT2D eigenvalue weighted by Gasteiger charge is 2.42. The molecule has 1 aliphatic heterocycles. The van der Waals surface area contributed by atoms with E-state index < -0.39 is 11.5 Å². The minimum absolute atomic E-state index is 0.252. The van der Waals surface area contributed by atoms with E-state index in [1.807, 2.05) is 19.9 Å². The van der Waals surface area contributed by atoms with Gasteiger partial charge in [0.25, 0.3) is 0 Å². The van der Waals surface area contributed by atoms with Gasteiger partial charge in [0, 0.05) is 24.6 Å². The van der Waals surface area contributed by atoms with Gasteiger partial charge in [-0.3, -0.25) is 14.3 Å². The summed E-state index contributed by atoms with van der Waals surface area (Å²) >= 11 is 6.44. The van der Waals surface area contributed by atoms with Crippen molar-refractivity contribution < 1.29 is 18.7 Å². The molecule has 1 atom stereocenters. The van der Waals surface area contributed by atoms with Crippen LogP contribution in [0, 0.1) is 19.7 Å². The van der Waals surface area contributed by atoms with E-state index in [2.05, 4.69) is 15.7 Å². The van der Waals surface area contributed by atoms with Gasteiger partial charge in [0.15, 0.2) is 0 Å². The molecule has 184 valence electrons. The zero-order valence-electron chi connectivity index (χ0n) is 19.9. The van der Waals surface area contributed by atoms with Crippen molar-refractivity contribution >= 4 is 34.8 Å². The molecule has 4 rings (SSSR count). The van der Waals surface area contributed by atoms with Gasteiger partial charge in [0.2, 0.25) is 11.8 Å². The Morgan fingerprint density at radius 2 is 1.86 bits per heavy atom. The maximum absolute atomic E-state index is 14.0. The summed E-state index contributed by atoms with van der Waals surface area (Å²) in [4.78, 5) is 26.2. The first-order chi connectivity index (χ1) is 16.7. The number of benzene rings is 2. The van der Waals surface area contributed by atoms with E-state index in [0.29, 0.717) is 43.0 Å². The molecule has 0 spiro atoms. The average Bonchev–Trinajstić information content (AvgIpc) is 3.18. The van der Waals surface area contributed by atoms with Crippen LogP contribution in [0.5, 0.6) is 0 Å². The zero-order chi connectivity index (χ0) is 25.2. The quantitative estimate of drug-likeness (QED) is 0.490. The molecule has 2 N–H and O–H groups in total. The average molecular weight is 499 g/mol. The van der Waals surface area contributed by atoms with Gasteiger partial charge in [-0.1, -0.05) is 23.7 Å². The van der Waals surface area contributed by atoms with Gasteiger partial charge >= 0.3 is 0 Å². The number of ether oxygens (including phenoxy) is 1. The molecule has 0 aliphatic carbocycles. The standard InChI is InChI=1S/C26H28ClFN4O3/c1-16-13-17(2)32(31-16)18(3)24(33)30-23-8-7-21(15-22(23)27)29-25(34)26(9-11-35-12-10-26)19-5-4-6-20(28)14-19/h4-8,13-15,18H,9-12H2,1-3H3,(H,29,34)(H,30,33). The lowest BCUT2D eigenvalue weighted by Gasteiger charge is -2.36. The van der Waals surface area contributed by atoms with Crippen LogP contribution in [0.1, 0.15) is 42.8 Å². The third kappa shape index (κ3) is 5.23. The summed E-state index contributed by atoms with van der Waals surface area (Å²) in [7, 11) is 0. The highest BCUT2D eigenvalue weighted by atomic mass is 35.5. The fourth-order valence-electron chi connectivity index (χ4n) is 4.48. The summed E-state index contributed by atoms with van der Waals surface area (Å²) in [6.45, 7) is 6.34. The number of aromatic nitrogens is 2. The predicted octanol–water partition coefficient (Wildman–Crippen LogP) is 5.18. The number of carbonyl (C=O) groups excluding carboxylic acids is 2. The van der Waals surface area contributed by atoms with Crippen LogP contribution in [-0.2, 0) is 19.7 Å². The maximum atomic E-state index is 14.0. The van der Waals surface area contributed by atoms with Crippen molar-refractivity contribution in [2.45, 2.75) is 45.1 Å². The SMILES string of the molecule is Cc1cc(C)n(C(C)C(=O)Nc2ccc(NC(=O)C3(c4cccc(F)c4)CCOCC3)cc2Cl)n1. The van der Waals surface area contributed by atoms with Crippen LogP contribution in [0.25, 0.3) is 0 Å². The van der Waals surface area contributed by atoms with E-state index in [9.17, 15) is 14.0 Å². The highest BCUT2D eigenvalue weighted by Crippen LogP contribution is 2.37. The predicted molar refractivity (Wildman–Crippen MR) is 133 cm³/mol. The lowest BCUT2D eigenvalue weighted by molar-refractivity contribution is -0.125. The summed E-state index contributed by atoms with van der Waals surface area (Å²) in [5, 5.41) is 10.4. The second-order valence-electron chi connectivity index (χ2n) is 8.89. The van der Waals surface area contributed by atoms with Gasteiger partial charge in [0.05, 0.1) is 21.8 Å². The van der Waals surface area contributed by atoms with E-state index in [1.54, 1.807) is 41.9 Å². The molecule has 0 bridgehead atoms. The molecule has 2 amide bonds. The van der Waals surface area contributed by atoms with Crippen molar-refractivity contribution in [2.75, 3.05) is 23.8 Å². The zero-order valence-corrected chi connectivity index (χ0v) is 20.7. The summed E-state index contributed by atoms with van der Waals surface area (Å²) < 4.78 is 21.1. The second-order valence-corrected chi connectivity index (χ2v) is 9.30. The molecule has 7 nitrogen and oxygen atoms in total. The molecule has 0 radical (unpaired) electrons. The van der Waals surface area contributed by atoms with Crippen LogP contribution in [0.4, 0.5) is 15.8 Å². The van der Waals surface area contributed by atoms with Crippen molar-refractivity contribution in [1.29, 1.82) is 0 Å². The topological polar surface area (TPSA) is 85.2 Å². The number of hydrogen-bond acceptors (Lipinski definition) is 4. The minimum atomic E-state index is -0.908. The number of carbonyl (C=O) groups is 2. The minimum Gasteiger partial charge on any atom is -0.381 e. The number of nitrogens with zero attached hydrogens (tertiary/aromatic N) is 2. The summed E-state index contributed by atoms with van der Waals surface area (Å²) in [5.74, 6) is -0.904. The van der Waals surface area contributed by atoms with E-state index in [-0.39, 0.29) is 22.7 Å². The molecule has 1 fully saturated rings. The van der Waals surface area contributed by atoms with Crippen LogP contribution >= 0.6 is 11.6 Å². The molecule has 35 heavy (non-hydrogen) atoms. The molecule has 1 aliphatic rings. The first kappa shape index (κ1) is 24.9. The lowest BCUT2D eigenvalue weighted by Crippen LogP contribution is -2.44. The van der Waals surface area contributed by atoms with Crippen LogP contribution < -0.4 is 10.6 Å². The Labute approximate surface area is 208 Å². The molecule has 1 unspecified atom stereocenters. The lowest BCUT2D eigenvalue weighted by atomic mass is 9.73. The number of aryl methyl sites for hydroxylation is 2. The van der Waals surface area contributed by atoms with Crippen molar-refractivity contribution in [3.05, 3.63) is 76.3 Å². The number of nitrogens with one attached hydrogen (secondary N) is 2. The van der Waals surface area contributed by atoms with E-state index >= 15 is 0 Å². The smallest absolute Gasteiger partial charge is 0.248 e. The van der Waals surface area contributed by atoms with E-state index in [0.717, 1.165) is 11.4 Å².